The molecule has 0 saturated heterocycles. The van der Waals surface area contributed by atoms with Gasteiger partial charge in [-0.2, -0.15) is 0 Å². The molecule has 0 unspecified atom stereocenters. The summed E-state index contributed by atoms with van der Waals surface area (Å²) in [5.41, 5.74) is 3.25. The first-order chi connectivity index (χ1) is 17.8. The molecule has 5 aromatic rings. The lowest BCUT2D eigenvalue weighted by Crippen LogP contribution is -2.14. The van der Waals surface area contributed by atoms with E-state index < -0.39 is 10.0 Å². The Hall–Kier alpha value is -3.30. The van der Waals surface area contributed by atoms with Crippen LogP contribution in [0.3, 0.4) is 0 Å². The summed E-state index contributed by atoms with van der Waals surface area (Å²) >= 11 is 2.15. The van der Waals surface area contributed by atoms with Gasteiger partial charge in [0.15, 0.2) is 0 Å². The van der Waals surface area contributed by atoms with Crippen LogP contribution in [0.1, 0.15) is 11.1 Å². The van der Waals surface area contributed by atoms with Crippen LogP contribution in [0.15, 0.2) is 89.8 Å². The normalized spacial score (nSPS) is 11.2. The maximum atomic E-state index is 13.5. The second-order valence-corrected chi connectivity index (χ2v) is 10.3. The van der Waals surface area contributed by atoms with Gasteiger partial charge in [-0.3, -0.25) is 4.72 Å². The van der Waals surface area contributed by atoms with Gasteiger partial charge in [-0.25, -0.2) is 8.42 Å². The highest BCUT2D eigenvalue weighted by Gasteiger charge is 2.21. The van der Waals surface area contributed by atoms with Crippen LogP contribution < -0.4 is 9.46 Å². The minimum Gasteiger partial charge on any atom is -0.507 e. The van der Waals surface area contributed by atoms with Gasteiger partial charge in [-0.1, -0.05) is 89.3 Å². The van der Waals surface area contributed by atoms with Crippen molar-refractivity contribution in [1.29, 1.82) is 0 Å². The van der Waals surface area contributed by atoms with Crippen molar-refractivity contribution in [2.24, 2.45) is 0 Å². The van der Waals surface area contributed by atoms with Crippen molar-refractivity contribution in [2.75, 3.05) is 16.8 Å². The zero-order valence-electron chi connectivity index (χ0n) is 21.0. The molecule has 0 bridgehead atoms. The number of hydrogen-bond acceptors (Lipinski definition) is 4. The van der Waals surface area contributed by atoms with Gasteiger partial charge in [0.2, 0.25) is 0 Å². The van der Waals surface area contributed by atoms with E-state index >= 15 is 0 Å². The van der Waals surface area contributed by atoms with E-state index in [1.807, 2.05) is 73.4 Å². The number of rotatable bonds is 5. The highest BCUT2D eigenvalue weighted by Crippen LogP contribution is 2.43. The van der Waals surface area contributed by atoms with Gasteiger partial charge in [0.05, 0.1) is 17.7 Å². The average molecular weight is 626 g/mol. The maximum Gasteiger partial charge on any atom is 0.261 e. The van der Waals surface area contributed by atoms with Gasteiger partial charge in [-0.05, 0) is 64.4 Å². The van der Waals surface area contributed by atoms with Crippen molar-refractivity contribution >= 4 is 59.8 Å². The fourth-order valence-corrected chi connectivity index (χ4v) is 5.94. The molecule has 190 valence electrons. The number of sulfonamides is 1. The molecule has 0 aromatic heterocycles. The number of hydrogen-bond donors (Lipinski definition) is 2. The number of fused-ring (bicyclic) bond motifs is 2. The number of benzene rings is 5. The largest absolute Gasteiger partial charge is 0.507 e. The van der Waals surface area contributed by atoms with E-state index in [9.17, 15) is 13.5 Å². The zero-order chi connectivity index (χ0) is 26.7. The standard InChI is InChI=1S/C29H25NO4S.CH3I/c1-18-15-21(16-19(2)29(18)34-3)35(32,33)30-27-17-26(28(31)25-13-7-6-12-24(25)27)23-14-8-10-20-9-4-5-11-22(20)23;1-2/h4-17,30-31H,1-3H3;1H3. The Morgan fingerprint density at radius 3 is 1.97 bits per heavy atom. The number of ether oxygens (including phenoxy) is 1. The van der Waals surface area contributed by atoms with Crippen LogP contribution in [-0.2, 0) is 10.0 Å². The van der Waals surface area contributed by atoms with E-state index in [2.05, 4.69) is 27.3 Å². The van der Waals surface area contributed by atoms with E-state index in [1.54, 1.807) is 37.4 Å². The number of phenols is 1. The lowest BCUT2D eigenvalue weighted by molar-refractivity contribution is 0.408. The first-order valence-corrected chi connectivity index (χ1v) is 15.2. The molecular weight excluding hydrogens is 597 g/mol. The van der Waals surface area contributed by atoms with Crippen LogP contribution >= 0.6 is 22.6 Å². The van der Waals surface area contributed by atoms with Crippen LogP contribution in [0.25, 0.3) is 32.7 Å². The van der Waals surface area contributed by atoms with Gasteiger partial charge in [-0.15, -0.1) is 0 Å². The monoisotopic (exact) mass is 625 g/mol. The number of nitrogens with one attached hydrogen (secondary N) is 1. The molecule has 0 amide bonds. The predicted octanol–water partition coefficient (Wildman–Crippen LogP) is 7.84. The Kier molecular flexibility index (Phi) is 7.94. The molecule has 5 aromatic carbocycles. The van der Waals surface area contributed by atoms with Crippen LogP contribution in [0.2, 0.25) is 0 Å². The zero-order valence-corrected chi connectivity index (χ0v) is 24.0. The summed E-state index contributed by atoms with van der Waals surface area (Å²) in [7, 11) is -2.35. The third kappa shape index (κ3) is 5.10. The van der Waals surface area contributed by atoms with Gasteiger partial charge in [0.1, 0.15) is 11.5 Å². The third-order valence-electron chi connectivity index (χ3n) is 6.29. The Morgan fingerprint density at radius 2 is 1.32 bits per heavy atom. The van der Waals surface area contributed by atoms with Crippen LogP contribution in [-0.4, -0.2) is 25.6 Å². The molecule has 0 spiro atoms. The second kappa shape index (κ2) is 11.0. The summed E-state index contributed by atoms with van der Waals surface area (Å²) in [5.74, 6) is 0.772. The van der Waals surface area contributed by atoms with Gasteiger partial charge in [0, 0.05) is 16.3 Å². The molecule has 5 rings (SSSR count). The highest BCUT2D eigenvalue weighted by atomic mass is 127. The molecule has 5 nitrogen and oxygen atoms in total. The fraction of sp³-hybridized carbons (Fsp3) is 0.133. The number of phenolic OH excluding ortho intramolecular Hbond substituents is 1. The lowest BCUT2D eigenvalue weighted by atomic mass is 9.94. The predicted molar refractivity (Wildman–Crippen MR) is 162 cm³/mol. The molecule has 2 N–H and O–H groups in total. The van der Waals surface area contributed by atoms with E-state index in [-0.39, 0.29) is 10.6 Å². The van der Waals surface area contributed by atoms with Crippen LogP contribution in [0, 0.1) is 13.8 Å². The molecule has 0 saturated carbocycles. The molecule has 0 heterocycles. The first-order valence-electron chi connectivity index (χ1n) is 11.6. The molecule has 0 aliphatic carbocycles. The molecule has 0 aliphatic heterocycles. The minimum atomic E-state index is -3.92. The second-order valence-electron chi connectivity index (χ2n) is 8.59. The van der Waals surface area contributed by atoms with Gasteiger partial charge < -0.3 is 9.84 Å². The molecule has 0 fully saturated rings. The van der Waals surface area contributed by atoms with Crippen molar-refractivity contribution in [1.82, 2.24) is 0 Å². The Balaban J connectivity index is 0.00000156. The number of methoxy groups -OCH3 is 1. The molecule has 37 heavy (non-hydrogen) atoms. The van der Waals surface area contributed by atoms with Crippen LogP contribution in [0.4, 0.5) is 5.69 Å². The van der Waals surface area contributed by atoms with Crippen molar-refractivity contribution in [2.45, 2.75) is 18.7 Å². The van der Waals surface area contributed by atoms with E-state index in [0.29, 0.717) is 27.8 Å². The lowest BCUT2D eigenvalue weighted by Gasteiger charge is -2.17. The van der Waals surface area contributed by atoms with Gasteiger partial charge in [0.25, 0.3) is 10.0 Å². The molecular formula is C30H28INO4S. The van der Waals surface area contributed by atoms with Crippen molar-refractivity contribution in [3.8, 4) is 22.6 Å². The molecule has 0 radical (unpaired) electrons. The topological polar surface area (TPSA) is 75.6 Å². The van der Waals surface area contributed by atoms with Gasteiger partial charge >= 0.3 is 0 Å². The Labute approximate surface area is 231 Å². The third-order valence-corrected chi connectivity index (χ3v) is 7.63. The smallest absolute Gasteiger partial charge is 0.261 e. The SMILES string of the molecule is CI.COc1c(C)cc(S(=O)(=O)Nc2cc(-c3cccc4ccccc34)c(O)c3ccccc23)cc1C. The number of alkyl halides is 1. The summed E-state index contributed by atoms with van der Waals surface area (Å²) < 4.78 is 35.1. The number of aryl methyl sites for hydroxylation is 2. The number of anilines is 1. The summed E-state index contributed by atoms with van der Waals surface area (Å²) in [6, 6.07) is 25.9. The fourth-order valence-electron chi connectivity index (χ4n) is 4.70. The summed E-state index contributed by atoms with van der Waals surface area (Å²) in [6.07, 6.45) is 0. The Bertz CT molecular complexity index is 1690. The number of halogens is 1. The summed E-state index contributed by atoms with van der Waals surface area (Å²) in [5, 5.41) is 14.4. The van der Waals surface area contributed by atoms with E-state index in [1.165, 1.54) is 0 Å². The molecule has 7 heteroatoms. The quantitative estimate of drug-likeness (QED) is 0.119. The first kappa shape index (κ1) is 26.8. The molecule has 0 aliphatic rings. The van der Waals surface area contributed by atoms with Crippen molar-refractivity contribution in [3.63, 3.8) is 0 Å². The summed E-state index contributed by atoms with van der Waals surface area (Å²) in [6.45, 7) is 3.64. The maximum absolute atomic E-state index is 13.5. The minimum absolute atomic E-state index is 0.107. The number of aromatic hydroxyl groups is 1. The van der Waals surface area contributed by atoms with Crippen LogP contribution in [0.5, 0.6) is 11.5 Å². The van der Waals surface area contributed by atoms with Crippen molar-refractivity contribution < 1.29 is 18.3 Å². The average Bonchev–Trinajstić information content (AvgIpc) is 2.91. The highest BCUT2D eigenvalue weighted by molar-refractivity contribution is 14.1. The summed E-state index contributed by atoms with van der Waals surface area (Å²) in [4.78, 5) is 2.12. The van der Waals surface area contributed by atoms with E-state index in [4.69, 9.17) is 4.74 Å². The van der Waals surface area contributed by atoms with E-state index in [0.717, 1.165) is 27.5 Å². The van der Waals surface area contributed by atoms with Crippen molar-refractivity contribution in [3.05, 3.63) is 96.1 Å². The molecule has 0 atom stereocenters. The Morgan fingerprint density at radius 1 is 0.757 bits per heavy atom.